The maximum atomic E-state index is 5.62. The van der Waals surface area contributed by atoms with Gasteiger partial charge in [-0.2, -0.15) is 5.10 Å². The second-order valence-corrected chi connectivity index (χ2v) is 4.82. The molecule has 17 heavy (non-hydrogen) atoms. The predicted octanol–water partition coefficient (Wildman–Crippen LogP) is 1.10. The average Bonchev–Trinajstić information content (AvgIpc) is 2.65. The van der Waals surface area contributed by atoms with Crippen molar-refractivity contribution in [3.63, 3.8) is 0 Å². The average molecular weight is 239 g/mol. The van der Waals surface area contributed by atoms with Crippen LogP contribution in [-0.4, -0.2) is 39.3 Å². The van der Waals surface area contributed by atoms with Crippen LogP contribution in [0, 0.1) is 5.92 Å². The minimum absolute atomic E-state index is 0.588. The lowest BCUT2D eigenvalue weighted by atomic mass is 10.2. The summed E-state index contributed by atoms with van der Waals surface area (Å²) in [6, 6.07) is 0. The van der Waals surface area contributed by atoms with Crippen molar-refractivity contribution >= 4 is 0 Å². The van der Waals surface area contributed by atoms with Crippen molar-refractivity contribution < 1.29 is 0 Å². The summed E-state index contributed by atoms with van der Waals surface area (Å²) in [4.78, 5) is 6.68. The smallest absolute Gasteiger partial charge is 0.141 e. The zero-order valence-corrected chi connectivity index (χ0v) is 11.3. The highest BCUT2D eigenvalue weighted by Crippen LogP contribution is 2.05. The van der Waals surface area contributed by atoms with E-state index in [2.05, 4.69) is 35.8 Å². The fraction of sp³-hybridized carbons (Fsp3) is 0.833. The van der Waals surface area contributed by atoms with Crippen molar-refractivity contribution in [2.45, 2.75) is 40.3 Å². The van der Waals surface area contributed by atoms with Crippen LogP contribution in [0.5, 0.6) is 0 Å². The molecule has 0 aliphatic carbocycles. The molecule has 2 N–H and O–H groups in total. The Kier molecular flexibility index (Phi) is 6.15. The molecule has 0 spiro atoms. The van der Waals surface area contributed by atoms with Gasteiger partial charge in [-0.05, 0) is 18.9 Å². The van der Waals surface area contributed by atoms with E-state index in [0.717, 1.165) is 38.4 Å². The Bertz CT molecular complexity index is 302. The van der Waals surface area contributed by atoms with Gasteiger partial charge in [0.2, 0.25) is 0 Å². The van der Waals surface area contributed by atoms with E-state index in [0.29, 0.717) is 12.5 Å². The largest absolute Gasteiger partial charge is 0.329 e. The molecule has 1 rings (SSSR count). The minimum Gasteiger partial charge on any atom is -0.329 e. The van der Waals surface area contributed by atoms with Gasteiger partial charge in [-0.25, -0.2) is 9.67 Å². The zero-order valence-electron chi connectivity index (χ0n) is 11.3. The van der Waals surface area contributed by atoms with E-state index in [9.17, 15) is 0 Å². The lowest BCUT2D eigenvalue weighted by Crippen LogP contribution is -2.31. The molecule has 0 saturated heterocycles. The van der Waals surface area contributed by atoms with Crippen LogP contribution < -0.4 is 5.73 Å². The first-order valence-electron chi connectivity index (χ1n) is 6.46. The topological polar surface area (TPSA) is 60.0 Å². The van der Waals surface area contributed by atoms with Crippen LogP contribution in [0.1, 0.15) is 33.0 Å². The molecule has 1 aromatic heterocycles. The highest BCUT2D eigenvalue weighted by molar-refractivity contribution is 4.85. The van der Waals surface area contributed by atoms with Gasteiger partial charge in [0.1, 0.15) is 12.2 Å². The summed E-state index contributed by atoms with van der Waals surface area (Å²) < 4.78 is 2.00. The molecule has 5 heteroatoms. The third-order valence-corrected chi connectivity index (χ3v) is 2.58. The first kappa shape index (κ1) is 14.1. The van der Waals surface area contributed by atoms with Crippen LogP contribution in [-0.2, 0) is 13.1 Å². The number of nitrogens with two attached hydrogens (primary N) is 1. The SMILES string of the molecule is CCCN(CCN)Cc1ncnn1CC(C)C. The molecule has 0 aliphatic rings. The summed E-state index contributed by atoms with van der Waals surface area (Å²) in [6.07, 6.45) is 2.78. The van der Waals surface area contributed by atoms with E-state index < -0.39 is 0 Å². The second kappa shape index (κ2) is 7.40. The molecule has 1 aromatic rings. The molecule has 5 nitrogen and oxygen atoms in total. The van der Waals surface area contributed by atoms with Crippen molar-refractivity contribution in [2.24, 2.45) is 11.7 Å². The van der Waals surface area contributed by atoms with Crippen molar-refractivity contribution in [1.82, 2.24) is 19.7 Å². The van der Waals surface area contributed by atoms with Crippen LogP contribution >= 0.6 is 0 Å². The normalized spacial score (nSPS) is 11.6. The fourth-order valence-corrected chi connectivity index (χ4v) is 1.88. The number of hydrogen-bond donors (Lipinski definition) is 1. The molecule has 0 saturated carbocycles. The third kappa shape index (κ3) is 4.83. The van der Waals surface area contributed by atoms with Gasteiger partial charge in [0.15, 0.2) is 0 Å². The van der Waals surface area contributed by atoms with Gasteiger partial charge < -0.3 is 5.73 Å². The Morgan fingerprint density at radius 1 is 1.41 bits per heavy atom. The Balaban J connectivity index is 2.61. The number of aromatic nitrogens is 3. The Morgan fingerprint density at radius 3 is 2.76 bits per heavy atom. The van der Waals surface area contributed by atoms with E-state index in [-0.39, 0.29) is 0 Å². The summed E-state index contributed by atoms with van der Waals surface area (Å²) in [5.74, 6) is 1.63. The van der Waals surface area contributed by atoms with Crippen molar-refractivity contribution in [3.05, 3.63) is 12.2 Å². The number of rotatable bonds is 8. The maximum Gasteiger partial charge on any atom is 0.141 e. The molecule has 0 aliphatic heterocycles. The molecule has 0 amide bonds. The molecule has 0 aromatic carbocycles. The second-order valence-electron chi connectivity index (χ2n) is 4.82. The predicted molar refractivity (Wildman–Crippen MR) is 69.5 cm³/mol. The summed E-state index contributed by atoms with van der Waals surface area (Å²) in [5, 5.41) is 4.28. The lowest BCUT2D eigenvalue weighted by molar-refractivity contribution is 0.259. The Hall–Kier alpha value is -0.940. The molecular weight excluding hydrogens is 214 g/mol. The van der Waals surface area contributed by atoms with Crippen LogP contribution in [0.15, 0.2) is 6.33 Å². The molecule has 0 bridgehead atoms. The minimum atomic E-state index is 0.588. The van der Waals surface area contributed by atoms with Gasteiger partial charge in [0.05, 0.1) is 6.54 Å². The van der Waals surface area contributed by atoms with Crippen LogP contribution in [0.25, 0.3) is 0 Å². The van der Waals surface area contributed by atoms with Gasteiger partial charge in [0, 0.05) is 19.6 Å². The molecule has 0 unspecified atom stereocenters. The summed E-state index contributed by atoms with van der Waals surface area (Å²) in [7, 11) is 0. The van der Waals surface area contributed by atoms with Crippen LogP contribution in [0.4, 0.5) is 0 Å². The Morgan fingerprint density at radius 2 is 2.18 bits per heavy atom. The molecular formula is C12H25N5. The third-order valence-electron chi connectivity index (χ3n) is 2.58. The standard InChI is InChI=1S/C12H25N5/c1-4-6-16(7-5-13)9-12-14-10-15-17(12)8-11(2)3/h10-11H,4-9,13H2,1-3H3. The van der Waals surface area contributed by atoms with E-state index in [1.54, 1.807) is 6.33 Å². The summed E-state index contributed by atoms with van der Waals surface area (Å²) in [5.41, 5.74) is 5.62. The molecule has 0 atom stereocenters. The zero-order chi connectivity index (χ0) is 12.7. The van der Waals surface area contributed by atoms with Gasteiger partial charge >= 0.3 is 0 Å². The summed E-state index contributed by atoms with van der Waals surface area (Å²) in [6.45, 7) is 11.0. The lowest BCUT2D eigenvalue weighted by Gasteiger charge is -2.20. The quantitative estimate of drug-likeness (QED) is 0.738. The first-order chi connectivity index (χ1) is 8.17. The van der Waals surface area contributed by atoms with E-state index in [4.69, 9.17) is 5.73 Å². The number of hydrogen-bond acceptors (Lipinski definition) is 4. The molecule has 1 heterocycles. The van der Waals surface area contributed by atoms with Crippen molar-refractivity contribution in [3.8, 4) is 0 Å². The molecule has 98 valence electrons. The van der Waals surface area contributed by atoms with E-state index in [1.165, 1.54) is 0 Å². The Labute approximate surface area is 104 Å². The van der Waals surface area contributed by atoms with Crippen molar-refractivity contribution in [2.75, 3.05) is 19.6 Å². The van der Waals surface area contributed by atoms with Gasteiger partial charge in [0.25, 0.3) is 0 Å². The first-order valence-corrected chi connectivity index (χ1v) is 6.46. The number of nitrogens with zero attached hydrogens (tertiary/aromatic N) is 4. The van der Waals surface area contributed by atoms with Gasteiger partial charge in [-0.1, -0.05) is 20.8 Å². The summed E-state index contributed by atoms with van der Waals surface area (Å²) >= 11 is 0. The monoisotopic (exact) mass is 239 g/mol. The highest BCUT2D eigenvalue weighted by atomic mass is 15.3. The van der Waals surface area contributed by atoms with Crippen molar-refractivity contribution in [1.29, 1.82) is 0 Å². The van der Waals surface area contributed by atoms with Gasteiger partial charge in [-0.3, -0.25) is 4.90 Å². The maximum absolute atomic E-state index is 5.62. The van der Waals surface area contributed by atoms with E-state index in [1.807, 2.05) is 4.68 Å². The van der Waals surface area contributed by atoms with E-state index >= 15 is 0 Å². The van der Waals surface area contributed by atoms with Gasteiger partial charge in [-0.15, -0.1) is 0 Å². The molecule has 0 radical (unpaired) electrons. The molecule has 0 fully saturated rings. The van der Waals surface area contributed by atoms with Crippen LogP contribution in [0.2, 0.25) is 0 Å². The fourth-order valence-electron chi connectivity index (χ4n) is 1.88. The highest BCUT2D eigenvalue weighted by Gasteiger charge is 2.10. The van der Waals surface area contributed by atoms with Crippen LogP contribution in [0.3, 0.4) is 0 Å².